The van der Waals surface area contributed by atoms with Gasteiger partial charge in [-0.15, -0.1) is 0 Å². The fourth-order valence-electron chi connectivity index (χ4n) is 2.27. The molecule has 1 aromatic heterocycles. The van der Waals surface area contributed by atoms with Gasteiger partial charge in [0, 0.05) is 37.4 Å². The van der Waals surface area contributed by atoms with Gasteiger partial charge in [0.2, 0.25) is 0 Å². The number of urea groups is 1. The number of rotatable bonds is 4. The molecule has 1 aliphatic carbocycles. The molecule has 0 atom stereocenters. The zero-order chi connectivity index (χ0) is 13.8. The van der Waals surface area contributed by atoms with Crippen molar-refractivity contribution in [2.75, 3.05) is 31.2 Å². The standard InChI is InChI=1S/C14H20N4O2/c19-14(17-12-3-4-12)16-10-11-2-1-5-15-13(11)18-6-8-20-9-7-18/h1-2,5,12H,3-4,6-10H2,(H2,16,17,19). The predicted molar refractivity (Wildman–Crippen MR) is 75.7 cm³/mol. The molecule has 0 bridgehead atoms. The maximum absolute atomic E-state index is 11.7. The van der Waals surface area contributed by atoms with E-state index in [0.29, 0.717) is 12.6 Å². The lowest BCUT2D eigenvalue weighted by Crippen LogP contribution is -2.39. The summed E-state index contributed by atoms with van der Waals surface area (Å²) in [6.45, 7) is 3.65. The zero-order valence-electron chi connectivity index (χ0n) is 11.5. The second-order valence-corrected chi connectivity index (χ2v) is 5.19. The van der Waals surface area contributed by atoms with Gasteiger partial charge in [-0.05, 0) is 18.9 Å². The van der Waals surface area contributed by atoms with Crippen molar-refractivity contribution in [3.8, 4) is 0 Å². The van der Waals surface area contributed by atoms with E-state index in [2.05, 4.69) is 20.5 Å². The van der Waals surface area contributed by atoms with Gasteiger partial charge in [0.15, 0.2) is 0 Å². The topological polar surface area (TPSA) is 66.5 Å². The molecule has 6 heteroatoms. The highest BCUT2D eigenvalue weighted by atomic mass is 16.5. The fraction of sp³-hybridized carbons (Fsp3) is 0.571. The zero-order valence-corrected chi connectivity index (χ0v) is 11.5. The number of hydrogen-bond acceptors (Lipinski definition) is 4. The van der Waals surface area contributed by atoms with Crippen LogP contribution in [0.15, 0.2) is 18.3 Å². The Morgan fingerprint density at radius 3 is 2.95 bits per heavy atom. The molecule has 108 valence electrons. The Morgan fingerprint density at radius 2 is 2.20 bits per heavy atom. The lowest BCUT2D eigenvalue weighted by atomic mass is 10.2. The molecule has 0 aromatic carbocycles. The van der Waals surface area contributed by atoms with Gasteiger partial charge in [0.1, 0.15) is 5.82 Å². The first-order chi connectivity index (χ1) is 9.83. The monoisotopic (exact) mass is 276 g/mol. The van der Waals surface area contributed by atoms with Crippen LogP contribution in [0.5, 0.6) is 0 Å². The number of amides is 2. The molecule has 20 heavy (non-hydrogen) atoms. The second kappa shape index (κ2) is 6.09. The van der Waals surface area contributed by atoms with E-state index in [4.69, 9.17) is 4.74 Å². The lowest BCUT2D eigenvalue weighted by molar-refractivity contribution is 0.122. The van der Waals surface area contributed by atoms with E-state index in [1.165, 1.54) is 0 Å². The van der Waals surface area contributed by atoms with E-state index in [-0.39, 0.29) is 6.03 Å². The summed E-state index contributed by atoms with van der Waals surface area (Å²) in [6, 6.07) is 4.20. The van der Waals surface area contributed by atoms with Crippen LogP contribution in [0.2, 0.25) is 0 Å². The van der Waals surface area contributed by atoms with Crippen molar-refractivity contribution < 1.29 is 9.53 Å². The van der Waals surface area contributed by atoms with Crippen molar-refractivity contribution in [1.29, 1.82) is 0 Å². The number of carbonyl (C=O) groups excluding carboxylic acids is 1. The van der Waals surface area contributed by atoms with Crippen LogP contribution < -0.4 is 15.5 Å². The van der Waals surface area contributed by atoms with Crippen molar-refractivity contribution in [3.05, 3.63) is 23.9 Å². The summed E-state index contributed by atoms with van der Waals surface area (Å²) in [7, 11) is 0. The van der Waals surface area contributed by atoms with Crippen LogP contribution in [-0.4, -0.2) is 43.4 Å². The van der Waals surface area contributed by atoms with Crippen LogP contribution in [0.25, 0.3) is 0 Å². The fourth-order valence-corrected chi connectivity index (χ4v) is 2.27. The van der Waals surface area contributed by atoms with Crippen molar-refractivity contribution >= 4 is 11.8 Å². The molecule has 2 fully saturated rings. The third kappa shape index (κ3) is 3.39. The molecule has 1 saturated heterocycles. The number of pyridine rings is 1. The number of ether oxygens (including phenoxy) is 1. The molecule has 3 rings (SSSR count). The Hall–Kier alpha value is -1.82. The number of hydrogen-bond donors (Lipinski definition) is 2. The highest BCUT2D eigenvalue weighted by Gasteiger charge is 2.23. The van der Waals surface area contributed by atoms with E-state index >= 15 is 0 Å². The van der Waals surface area contributed by atoms with Gasteiger partial charge in [0.25, 0.3) is 0 Å². The summed E-state index contributed by atoms with van der Waals surface area (Å²) < 4.78 is 5.36. The first-order valence-corrected chi connectivity index (χ1v) is 7.14. The smallest absolute Gasteiger partial charge is 0.315 e. The Morgan fingerprint density at radius 1 is 1.40 bits per heavy atom. The van der Waals surface area contributed by atoms with Crippen LogP contribution in [-0.2, 0) is 11.3 Å². The number of anilines is 1. The van der Waals surface area contributed by atoms with Crippen LogP contribution in [0, 0.1) is 0 Å². The summed E-state index contributed by atoms with van der Waals surface area (Å²) >= 11 is 0. The molecular weight excluding hydrogens is 256 g/mol. The summed E-state index contributed by atoms with van der Waals surface area (Å²) in [5.41, 5.74) is 1.04. The molecular formula is C14H20N4O2. The van der Waals surface area contributed by atoms with Crippen molar-refractivity contribution in [2.45, 2.75) is 25.4 Å². The predicted octanol–water partition coefficient (Wildman–Crippen LogP) is 0.880. The molecule has 0 radical (unpaired) electrons. The minimum Gasteiger partial charge on any atom is -0.378 e. The quantitative estimate of drug-likeness (QED) is 0.857. The Bertz CT molecular complexity index is 470. The number of carbonyl (C=O) groups is 1. The van der Waals surface area contributed by atoms with Crippen LogP contribution in [0.4, 0.5) is 10.6 Å². The highest BCUT2D eigenvalue weighted by Crippen LogP contribution is 2.19. The van der Waals surface area contributed by atoms with Gasteiger partial charge >= 0.3 is 6.03 Å². The lowest BCUT2D eigenvalue weighted by Gasteiger charge is -2.29. The van der Waals surface area contributed by atoms with Gasteiger partial charge in [-0.3, -0.25) is 0 Å². The maximum Gasteiger partial charge on any atom is 0.315 e. The molecule has 1 aliphatic heterocycles. The number of aromatic nitrogens is 1. The SMILES string of the molecule is O=C(NCc1cccnc1N1CCOCC1)NC1CC1. The molecule has 2 heterocycles. The van der Waals surface area contributed by atoms with E-state index in [1.54, 1.807) is 6.20 Å². The van der Waals surface area contributed by atoms with Crippen LogP contribution >= 0.6 is 0 Å². The molecule has 2 aliphatic rings. The largest absolute Gasteiger partial charge is 0.378 e. The van der Waals surface area contributed by atoms with E-state index in [0.717, 1.165) is 50.5 Å². The van der Waals surface area contributed by atoms with Crippen molar-refractivity contribution in [1.82, 2.24) is 15.6 Å². The Kier molecular flexibility index (Phi) is 4.01. The summed E-state index contributed by atoms with van der Waals surface area (Å²) in [4.78, 5) is 18.3. The molecule has 2 N–H and O–H groups in total. The van der Waals surface area contributed by atoms with Gasteiger partial charge < -0.3 is 20.3 Å². The third-order valence-corrected chi connectivity index (χ3v) is 3.53. The van der Waals surface area contributed by atoms with E-state index in [1.807, 2.05) is 12.1 Å². The summed E-state index contributed by atoms with van der Waals surface area (Å²) in [6.07, 6.45) is 3.98. The molecule has 0 unspecified atom stereocenters. The molecule has 6 nitrogen and oxygen atoms in total. The minimum absolute atomic E-state index is 0.0933. The Labute approximate surface area is 118 Å². The maximum atomic E-state index is 11.7. The molecule has 0 spiro atoms. The van der Waals surface area contributed by atoms with E-state index in [9.17, 15) is 4.79 Å². The van der Waals surface area contributed by atoms with Gasteiger partial charge in [-0.25, -0.2) is 9.78 Å². The van der Waals surface area contributed by atoms with Gasteiger partial charge in [0.05, 0.1) is 13.2 Å². The minimum atomic E-state index is -0.0933. The number of nitrogens with zero attached hydrogens (tertiary/aromatic N) is 2. The first-order valence-electron chi connectivity index (χ1n) is 7.14. The first kappa shape index (κ1) is 13.2. The summed E-state index contributed by atoms with van der Waals surface area (Å²) in [5, 5.41) is 5.82. The molecule has 1 saturated carbocycles. The third-order valence-electron chi connectivity index (χ3n) is 3.53. The van der Waals surface area contributed by atoms with Crippen LogP contribution in [0.3, 0.4) is 0 Å². The van der Waals surface area contributed by atoms with Gasteiger partial charge in [-0.2, -0.15) is 0 Å². The van der Waals surface area contributed by atoms with E-state index < -0.39 is 0 Å². The average molecular weight is 276 g/mol. The second-order valence-electron chi connectivity index (χ2n) is 5.19. The number of nitrogens with one attached hydrogen (secondary N) is 2. The van der Waals surface area contributed by atoms with Crippen LogP contribution in [0.1, 0.15) is 18.4 Å². The normalized spacial score (nSPS) is 18.7. The number of morpholine rings is 1. The van der Waals surface area contributed by atoms with Crippen molar-refractivity contribution in [3.63, 3.8) is 0 Å². The van der Waals surface area contributed by atoms with Crippen molar-refractivity contribution in [2.24, 2.45) is 0 Å². The highest BCUT2D eigenvalue weighted by molar-refractivity contribution is 5.74. The van der Waals surface area contributed by atoms with Gasteiger partial charge in [-0.1, -0.05) is 6.07 Å². The summed E-state index contributed by atoms with van der Waals surface area (Å²) in [5.74, 6) is 0.947. The molecule has 2 amide bonds. The average Bonchev–Trinajstić information content (AvgIpc) is 3.30. The Balaban J connectivity index is 1.61. The molecule has 1 aromatic rings.